The van der Waals surface area contributed by atoms with Crippen LogP contribution in [0.1, 0.15) is 16.1 Å². The lowest BCUT2D eigenvalue weighted by atomic mass is 10.2. The van der Waals surface area contributed by atoms with Gasteiger partial charge in [0.15, 0.2) is 0 Å². The molecular weight excluding hydrogens is 302 g/mol. The first kappa shape index (κ1) is 16.0. The Hall–Kier alpha value is -2.89. The third kappa shape index (κ3) is 4.10. The summed E-state index contributed by atoms with van der Waals surface area (Å²) in [7, 11) is 0. The van der Waals surface area contributed by atoms with Gasteiger partial charge in [0.25, 0.3) is 5.91 Å². The van der Waals surface area contributed by atoms with Crippen molar-refractivity contribution >= 4 is 17.4 Å². The third-order valence-electron chi connectivity index (χ3n) is 3.83. The Labute approximate surface area is 141 Å². The Morgan fingerprint density at radius 2 is 1.79 bits per heavy atom. The van der Waals surface area contributed by atoms with Crippen molar-refractivity contribution in [2.24, 2.45) is 0 Å². The van der Waals surface area contributed by atoms with E-state index in [-0.39, 0.29) is 5.91 Å². The third-order valence-corrected chi connectivity index (χ3v) is 3.83. The molecule has 0 saturated carbocycles. The SMILES string of the molecule is Cc1ccc(NCCNC(=O)c2ccc(N3CC=CC3)cc2)nn1. The topological polar surface area (TPSA) is 70.2 Å². The standard InChI is InChI=1S/C18H21N5O/c1-14-4-9-17(22-21-14)19-10-11-20-18(24)15-5-7-16(8-6-15)23-12-2-3-13-23/h2-9H,10-13H2,1H3,(H,19,22)(H,20,24). The normalized spacial score (nSPS) is 13.1. The number of nitrogens with zero attached hydrogens (tertiary/aromatic N) is 3. The predicted octanol–water partition coefficient (Wildman–Crippen LogP) is 2.00. The van der Waals surface area contributed by atoms with Crippen molar-refractivity contribution in [3.63, 3.8) is 0 Å². The number of anilines is 2. The molecule has 1 aromatic carbocycles. The summed E-state index contributed by atoms with van der Waals surface area (Å²) in [4.78, 5) is 14.4. The molecule has 0 radical (unpaired) electrons. The largest absolute Gasteiger partial charge is 0.367 e. The average molecular weight is 323 g/mol. The van der Waals surface area contributed by atoms with Gasteiger partial charge in [0, 0.05) is 37.4 Å². The monoisotopic (exact) mass is 323 g/mol. The number of nitrogens with one attached hydrogen (secondary N) is 2. The molecule has 0 bridgehead atoms. The van der Waals surface area contributed by atoms with Crippen LogP contribution in [-0.4, -0.2) is 42.3 Å². The van der Waals surface area contributed by atoms with E-state index >= 15 is 0 Å². The lowest BCUT2D eigenvalue weighted by Gasteiger charge is -2.17. The predicted molar refractivity (Wildman–Crippen MR) is 95.4 cm³/mol. The zero-order valence-corrected chi connectivity index (χ0v) is 13.7. The van der Waals surface area contributed by atoms with E-state index in [2.05, 4.69) is 37.9 Å². The Balaban J connectivity index is 1.43. The summed E-state index contributed by atoms with van der Waals surface area (Å²) in [6, 6.07) is 11.5. The summed E-state index contributed by atoms with van der Waals surface area (Å²) in [5, 5.41) is 14.0. The van der Waals surface area contributed by atoms with Crippen molar-refractivity contribution in [3.05, 3.63) is 59.8 Å². The maximum Gasteiger partial charge on any atom is 0.251 e. The average Bonchev–Trinajstić information content (AvgIpc) is 3.15. The highest BCUT2D eigenvalue weighted by Gasteiger charge is 2.09. The molecule has 6 heteroatoms. The maximum absolute atomic E-state index is 12.1. The van der Waals surface area contributed by atoms with E-state index in [0.717, 1.165) is 24.5 Å². The molecule has 1 amide bonds. The molecule has 24 heavy (non-hydrogen) atoms. The van der Waals surface area contributed by atoms with Crippen LogP contribution in [0.5, 0.6) is 0 Å². The van der Waals surface area contributed by atoms with E-state index < -0.39 is 0 Å². The first-order valence-electron chi connectivity index (χ1n) is 8.05. The van der Waals surface area contributed by atoms with Crippen LogP contribution >= 0.6 is 0 Å². The van der Waals surface area contributed by atoms with Crippen molar-refractivity contribution in [2.75, 3.05) is 36.4 Å². The zero-order valence-electron chi connectivity index (χ0n) is 13.7. The number of benzene rings is 1. The first-order valence-corrected chi connectivity index (χ1v) is 8.05. The smallest absolute Gasteiger partial charge is 0.251 e. The van der Waals surface area contributed by atoms with Gasteiger partial charge in [0.1, 0.15) is 5.82 Å². The molecule has 6 nitrogen and oxygen atoms in total. The quantitative estimate of drug-likeness (QED) is 0.628. The number of amides is 1. The summed E-state index contributed by atoms with van der Waals surface area (Å²) in [6.45, 7) is 4.87. The molecule has 0 fully saturated rings. The van der Waals surface area contributed by atoms with Crippen LogP contribution in [0.4, 0.5) is 11.5 Å². The molecule has 1 aliphatic heterocycles. The Morgan fingerprint density at radius 1 is 1.04 bits per heavy atom. The molecule has 2 heterocycles. The highest BCUT2D eigenvalue weighted by Crippen LogP contribution is 2.17. The number of aryl methyl sites for hydroxylation is 1. The number of rotatable bonds is 6. The number of aromatic nitrogens is 2. The molecule has 3 rings (SSSR count). The van der Waals surface area contributed by atoms with Crippen molar-refractivity contribution in [1.29, 1.82) is 0 Å². The molecule has 1 aromatic heterocycles. The highest BCUT2D eigenvalue weighted by molar-refractivity contribution is 5.94. The number of hydrogen-bond donors (Lipinski definition) is 2. The Kier molecular flexibility index (Phi) is 5.05. The second kappa shape index (κ2) is 7.59. The summed E-state index contributed by atoms with van der Waals surface area (Å²) < 4.78 is 0. The molecule has 0 atom stereocenters. The second-order valence-corrected chi connectivity index (χ2v) is 5.67. The van der Waals surface area contributed by atoms with Gasteiger partial charge in [-0.3, -0.25) is 4.79 Å². The van der Waals surface area contributed by atoms with Gasteiger partial charge in [0.2, 0.25) is 0 Å². The van der Waals surface area contributed by atoms with Gasteiger partial charge in [0.05, 0.1) is 5.69 Å². The molecule has 0 saturated heterocycles. The fourth-order valence-electron chi connectivity index (χ4n) is 2.47. The van der Waals surface area contributed by atoms with Gasteiger partial charge in [-0.15, -0.1) is 5.10 Å². The molecular formula is C18H21N5O. The first-order chi connectivity index (χ1) is 11.7. The minimum atomic E-state index is -0.0714. The van der Waals surface area contributed by atoms with Crippen LogP contribution in [0.2, 0.25) is 0 Å². The molecule has 0 spiro atoms. The van der Waals surface area contributed by atoms with Gasteiger partial charge in [-0.2, -0.15) is 5.10 Å². The van der Waals surface area contributed by atoms with Crippen LogP contribution in [0.25, 0.3) is 0 Å². The number of hydrogen-bond acceptors (Lipinski definition) is 5. The van der Waals surface area contributed by atoms with E-state index in [1.165, 1.54) is 0 Å². The summed E-state index contributed by atoms with van der Waals surface area (Å²) >= 11 is 0. The van der Waals surface area contributed by atoms with E-state index in [1.54, 1.807) is 0 Å². The van der Waals surface area contributed by atoms with E-state index in [9.17, 15) is 4.79 Å². The van der Waals surface area contributed by atoms with Crippen molar-refractivity contribution in [3.8, 4) is 0 Å². The molecule has 2 aromatic rings. The number of carbonyl (C=O) groups is 1. The fraction of sp³-hybridized carbons (Fsp3) is 0.278. The Bertz CT molecular complexity index is 701. The van der Waals surface area contributed by atoms with Gasteiger partial charge in [-0.05, 0) is 43.3 Å². The molecule has 1 aliphatic rings. The minimum absolute atomic E-state index is 0.0714. The lowest BCUT2D eigenvalue weighted by Crippen LogP contribution is -2.29. The molecule has 0 aliphatic carbocycles. The van der Waals surface area contributed by atoms with Gasteiger partial charge in [-0.1, -0.05) is 12.2 Å². The van der Waals surface area contributed by atoms with Crippen molar-refractivity contribution in [2.45, 2.75) is 6.92 Å². The van der Waals surface area contributed by atoms with Crippen molar-refractivity contribution < 1.29 is 4.79 Å². The van der Waals surface area contributed by atoms with Crippen LogP contribution in [0.3, 0.4) is 0 Å². The van der Waals surface area contributed by atoms with Gasteiger partial charge >= 0.3 is 0 Å². The molecule has 2 N–H and O–H groups in total. The highest BCUT2D eigenvalue weighted by atomic mass is 16.1. The zero-order chi connectivity index (χ0) is 16.8. The van der Waals surface area contributed by atoms with Crippen LogP contribution in [0.15, 0.2) is 48.6 Å². The molecule has 124 valence electrons. The maximum atomic E-state index is 12.1. The molecule has 0 unspecified atom stereocenters. The van der Waals surface area contributed by atoms with E-state index in [1.807, 2.05) is 43.3 Å². The van der Waals surface area contributed by atoms with Crippen LogP contribution < -0.4 is 15.5 Å². The van der Waals surface area contributed by atoms with E-state index in [0.29, 0.717) is 24.5 Å². The van der Waals surface area contributed by atoms with Gasteiger partial charge in [-0.25, -0.2) is 0 Å². The van der Waals surface area contributed by atoms with Gasteiger partial charge < -0.3 is 15.5 Å². The summed E-state index contributed by atoms with van der Waals surface area (Å²) in [6.07, 6.45) is 4.29. The van der Waals surface area contributed by atoms with Crippen molar-refractivity contribution in [1.82, 2.24) is 15.5 Å². The van der Waals surface area contributed by atoms with Crippen LogP contribution in [0, 0.1) is 6.92 Å². The lowest BCUT2D eigenvalue weighted by molar-refractivity contribution is 0.0955. The second-order valence-electron chi connectivity index (χ2n) is 5.67. The minimum Gasteiger partial charge on any atom is -0.367 e. The van der Waals surface area contributed by atoms with Crippen LogP contribution in [-0.2, 0) is 0 Å². The summed E-state index contributed by atoms with van der Waals surface area (Å²) in [5.41, 5.74) is 2.68. The number of carbonyl (C=O) groups excluding carboxylic acids is 1. The fourth-order valence-corrected chi connectivity index (χ4v) is 2.47. The summed E-state index contributed by atoms with van der Waals surface area (Å²) in [5.74, 6) is 0.635. The van der Waals surface area contributed by atoms with E-state index in [4.69, 9.17) is 0 Å². The Morgan fingerprint density at radius 3 is 2.46 bits per heavy atom.